The first-order chi connectivity index (χ1) is 6.20. The van der Waals surface area contributed by atoms with Gasteiger partial charge in [-0.3, -0.25) is 9.47 Å². The second-order valence-electron chi connectivity index (χ2n) is 2.74. The van der Waals surface area contributed by atoms with E-state index in [1.54, 1.807) is 10.7 Å². The third-order valence-corrected chi connectivity index (χ3v) is 2.02. The molecule has 72 valence electrons. The first-order valence-electron chi connectivity index (χ1n) is 4.43. The maximum atomic E-state index is 11.0. The highest BCUT2D eigenvalue weighted by molar-refractivity contribution is 5.91. The Labute approximate surface area is 77.9 Å². The molecule has 0 aromatic carbocycles. The predicted molar refractivity (Wildman–Crippen MR) is 52.2 cm³/mol. The van der Waals surface area contributed by atoms with Crippen LogP contribution in [0, 0.1) is 0 Å². The standard InChI is InChI=1S/C9H15N3O/c1-3-11(4-2)12-7-5-6-8(12)9(10)13/h5-7H,3-4H2,1-2H3,(H2,10,13). The van der Waals surface area contributed by atoms with E-state index in [-0.39, 0.29) is 0 Å². The van der Waals surface area contributed by atoms with Crippen molar-refractivity contribution in [2.45, 2.75) is 13.8 Å². The SMILES string of the molecule is CCN(CC)n1cccc1C(N)=O. The number of amides is 1. The Bertz CT molecular complexity index is 289. The minimum Gasteiger partial charge on any atom is -0.364 e. The lowest BCUT2D eigenvalue weighted by atomic mass is 10.4. The molecule has 4 heteroatoms. The van der Waals surface area contributed by atoms with Crippen LogP contribution in [0.4, 0.5) is 0 Å². The maximum absolute atomic E-state index is 11.0. The van der Waals surface area contributed by atoms with Gasteiger partial charge in [-0.2, -0.15) is 0 Å². The normalized spacial score (nSPS) is 10.0. The average Bonchev–Trinajstić information content (AvgIpc) is 2.55. The van der Waals surface area contributed by atoms with Gasteiger partial charge in [0.15, 0.2) is 0 Å². The van der Waals surface area contributed by atoms with Crippen molar-refractivity contribution in [1.29, 1.82) is 0 Å². The van der Waals surface area contributed by atoms with E-state index < -0.39 is 5.91 Å². The fourth-order valence-electron chi connectivity index (χ4n) is 1.34. The Morgan fingerprint density at radius 1 is 1.54 bits per heavy atom. The summed E-state index contributed by atoms with van der Waals surface area (Å²) in [5, 5.41) is 2.03. The maximum Gasteiger partial charge on any atom is 0.267 e. The number of carbonyl (C=O) groups excluding carboxylic acids is 1. The van der Waals surface area contributed by atoms with Gasteiger partial charge in [0.25, 0.3) is 5.91 Å². The van der Waals surface area contributed by atoms with Crippen LogP contribution in [-0.4, -0.2) is 23.7 Å². The lowest BCUT2D eigenvalue weighted by molar-refractivity contribution is 0.0991. The van der Waals surface area contributed by atoms with Gasteiger partial charge in [0.05, 0.1) is 0 Å². The molecule has 1 rings (SSSR count). The van der Waals surface area contributed by atoms with Crippen molar-refractivity contribution in [3.8, 4) is 0 Å². The van der Waals surface area contributed by atoms with Crippen molar-refractivity contribution < 1.29 is 4.79 Å². The Balaban J connectivity index is 2.98. The molecule has 4 nitrogen and oxygen atoms in total. The van der Waals surface area contributed by atoms with E-state index in [2.05, 4.69) is 0 Å². The Kier molecular flexibility index (Phi) is 2.95. The molecule has 1 aromatic heterocycles. The Morgan fingerprint density at radius 2 is 2.15 bits per heavy atom. The minimum absolute atomic E-state index is 0.392. The van der Waals surface area contributed by atoms with Gasteiger partial charge in [-0.15, -0.1) is 0 Å². The molecule has 0 radical (unpaired) electrons. The van der Waals surface area contributed by atoms with E-state index in [1.807, 2.05) is 31.1 Å². The van der Waals surface area contributed by atoms with Crippen LogP contribution in [0.1, 0.15) is 24.3 Å². The first kappa shape index (κ1) is 9.64. The number of primary amides is 1. The van der Waals surface area contributed by atoms with E-state index >= 15 is 0 Å². The topological polar surface area (TPSA) is 51.3 Å². The van der Waals surface area contributed by atoms with Crippen LogP contribution in [-0.2, 0) is 0 Å². The van der Waals surface area contributed by atoms with Crippen LogP contribution in [0.2, 0.25) is 0 Å². The second-order valence-corrected chi connectivity index (χ2v) is 2.74. The van der Waals surface area contributed by atoms with Gasteiger partial charge in [0, 0.05) is 19.3 Å². The van der Waals surface area contributed by atoms with Gasteiger partial charge in [-0.25, -0.2) is 0 Å². The number of rotatable bonds is 4. The molecule has 1 aromatic rings. The molecule has 0 unspecified atom stereocenters. The van der Waals surface area contributed by atoms with Crippen molar-refractivity contribution in [3.63, 3.8) is 0 Å². The molecule has 13 heavy (non-hydrogen) atoms. The minimum atomic E-state index is -0.392. The molecule has 0 aliphatic rings. The summed E-state index contributed by atoms with van der Waals surface area (Å²) < 4.78 is 1.79. The largest absolute Gasteiger partial charge is 0.364 e. The zero-order valence-corrected chi connectivity index (χ0v) is 8.03. The molecule has 1 heterocycles. The molecular weight excluding hydrogens is 166 g/mol. The molecule has 0 fully saturated rings. The molecule has 1 amide bonds. The number of hydrogen-bond acceptors (Lipinski definition) is 2. The van der Waals surface area contributed by atoms with Gasteiger partial charge in [0.2, 0.25) is 0 Å². The molecule has 0 aliphatic carbocycles. The quantitative estimate of drug-likeness (QED) is 0.738. The van der Waals surface area contributed by atoms with Crippen molar-refractivity contribution in [3.05, 3.63) is 24.0 Å². The van der Waals surface area contributed by atoms with E-state index in [1.165, 1.54) is 0 Å². The van der Waals surface area contributed by atoms with Crippen LogP contribution < -0.4 is 10.7 Å². The van der Waals surface area contributed by atoms with Gasteiger partial charge in [0.1, 0.15) is 5.69 Å². The molecule has 0 bridgehead atoms. The lowest BCUT2D eigenvalue weighted by Gasteiger charge is -2.24. The number of aromatic nitrogens is 1. The third-order valence-electron chi connectivity index (χ3n) is 2.02. The molecule has 0 atom stereocenters. The third kappa shape index (κ3) is 1.83. The highest BCUT2D eigenvalue weighted by Crippen LogP contribution is 2.02. The van der Waals surface area contributed by atoms with E-state index in [4.69, 9.17) is 5.73 Å². The van der Waals surface area contributed by atoms with Crippen molar-refractivity contribution in [1.82, 2.24) is 4.68 Å². The monoisotopic (exact) mass is 181 g/mol. The van der Waals surface area contributed by atoms with Crippen molar-refractivity contribution >= 4 is 5.91 Å². The van der Waals surface area contributed by atoms with Crippen LogP contribution in [0.5, 0.6) is 0 Å². The van der Waals surface area contributed by atoms with Crippen molar-refractivity contribution in [2.24, 2.45) is 5.73 Å². The number of carbonyl (C=O) groups is 1. The summed E-state index contributed by atoms with van der Waals surface area (Å²) in [6, 6.07) is 3.54. The lowest BCUT2D eigenvalue weighted by Crippen LogP contribution is -2.36. The molecule has 0 aliphatic heterocycles. The zero-order valence-electron chi connectivity index (χ0n) is 8.03. The van der Waals surface area contributed by atoms with Gasteiger partial charge < -0.3 is 10.7 Å². The van der Waals surface area contributed by atoms with Crippen LogP contribution in [0.15, 0.2) is 18.3 Å². The number of hydrogen-bond donors (Lipinski definition) is 1. The summed E-state index contributed by atoms with van der Waals surface area (Å²) in [6.07, 6.45) is 1.84. The van der Waals surface area contributed by atoms with E-state index in [0.29, 0.717) is 5.69 Å². The van der Waals surface area contributed by atoms with Crippen LogP contribution >= 0.6 is 0 Å². The summed E-state index contributed by atoms with van der Waals surface area (Å²) in [6.45, 7) is 5.78. The molecule has 0 saturated heterocycles. The van der Waals surface area contributed by atoms with E-state index in [9.17, 15) is 4.79 Å². The van der Waals surface area contributed by atoms with Gasteiger partial charge in [-0.1, -0.05) is 0 Å². The Morgan fingerprint density at radius 3 is 2.62 bits per heavy atom. The average molecular weight is 181 g/mol. The van der Waals surface area contributed by atoms with Crippen LogP contribution in [0.25, 0.3) is 0 Å². The fraction of sp³-hybridized carbons (Fsp3) is 0.444. The molecule has 2 N–H and O–H groups in total. The highest BCUT2D eigenvalue weighted by Gasteiger charge is 2.09. The summed E-state index contributed by atoms with van der Waals surface area (Å²) in [5.74, 6) is -0.392. The van der Waals surface area contributed by atoms with E-state index in [0.717, 1.165) is 13.1 Å². The Hall–Kier alpha value is -1.45. The smallest absolute Gasteiger partial charge is 0.267 e. The zero-order chi connectivity index (χ0) is 9.84. The predicted octanol–water partition coefficient (Wildman–Crippen LogP) is 0.565. The fourth-order valence-corrected chi connectivity index (χ4v) is 1.34. The summed E-state index contributed by atoms with van der Waals surface area (Å²) >= 11 is 0. The van der Waals surface area contributed by atoms with Crippen molar-refractivity contribution in [2.75, 3.05) is 18.1 Å². The molecule has 0 saturated carbocycles. The summed E-state index contributed by atoms with van der Waals surface area (Å²) in [5.41, 5.74) is 5.75. The summed E-state index contributed by atoms with van der Waals surface area (Å²) in [4.78, 5) is 11.0. The highest BCUT2D eigenvalue weighted by atomic mass is 16.1. The molecule has 0 spiro atoms. The first-order valence-corrected chi connectivity index (χ1v) is 4.43. The van der Waals surface area contributed by atoms with Gasteiger partial charge >= 0.3 is 0 Å². The summed E-state index contributed by atoms with van der Waals surface area (Å²) in [7, 11) is 0. The van der Waals surface area contributed by atoms with Gasteiger partial charge in [-0.05, 0) is 26.0 Å². The molecular formula is C9H15N3O. The number of nitrogens with zero attached hydrogens (tertiary/aromatic N) is 2. The number of nitrogens with two attached hydrogens (primary N) is 1. The second kappa shape index (κ2) is 3.98. The van der Waals surface area contributed by atoms with Crippen LogP contribution in [0.3, 0.4) is 0 Å².